The number of halogens is 2. The molecule has 140 valence electrons. The third-order valence-corrected chi connectivity index (χ3v) is 6.11. The van der Waals surface area contributed by atoms with Gasteiger partial charge < -0.3 is 9.64 Å². The summed E-state index contributed by atoms with van der Waals surface area (Å²) in [7, 11) is 0. The highest BCUT2D eigenvalue weighted by atomic mass is 35.5. The number of hydrogen-bond donors (Lipinski definition) is 0. The Morgan fingerprint density at radius 1 is 1.07 bits per heavy atom. The molecule has 0 aliphatic carbocycles. The number of aryl methyl sites for hydroxylation is 1. The number of piperidine rings is 1. The van der Waals surface area contributed by atoms with Crippen molar-refractivity contribution in [1.82, 2.24) is 4.90 Å². The van der Waals surface area contributed by atoms with Gasteiger partial charge in [0.1, 0.15) is 11.4 Å². The van der Waals surface area contributed by atoms with Gasteiger partial charge in [-0.3, -0.25) is 9.59 Å². The number of benzene rings is 2. The van der Waals surface area contributed by atoms with Gasteiger partial charge in [-0.15, -0.1) is 0 Å². The molecule has 4 nitrogen and oxygen atoms in total. The summed E-state index contributed by atoms with van der Waals surface area (Å²) in [6.07, 6.45) is 1.61. The third-order valence-electron chi connectivity index (χ3n) is 5.37. The molecule has 1 fully saturated rings. The minimum atomic E-state index is -0.520. The Kier molecular flexibility index (Phi) is 4.65. The van der Waals surface area contributed by atoms with Crippen molar-refractivity contribution in [2.45, 2.75) is 31.8 Å². The maximum atomic E-state index is 12.8. The van der Waals surface area contributed by atoms with Crippen LogP contribution in [0.15, 0.2) is 36.4 Å². The van der Waals surface area contributed by atoms with E-state index >= 15 is 0 Å². The van der Waals surface area contributed by atoms with Crippen molar-refractivity contribution >= 4 is 34.9 Å². The Morgan fingerprint density at radius 3 is 2.52 bits per heavy atom. The van der Waals surface area contributed by atoms with Crippen LogP contribution in [-0.4, -0.2) is 35.3 Å². The number of nitrogens with zero attached hydrogens (tertiary/aromatic N) is 1. The van der Waals surface area contributed by atoms with E-state index in [0.717, 1.165) is 5.56 Å². The van der Waals surface area contributed by atoms with Gasteiger partial charge in [0.25, 0.3) is 5.91 Å². The van der Waals surface area contributed by atoms with E-state index in [-0.39, 0.29) is 11.7 Å². The average Bonchev–Trinajstić information content (AvgIpc) is 2.65. The largest absolute Gasteiger partial charge is 0.486 e. The van der Waals surface area contributed by atoms with Crippen molar-refractivity contribution < 1.29 is 14.3 Å². The van der Waals surface area contributed by atoms with Crippen LogP contribution in [0, 0.1) is 6.92 Å². The zero-order chi connectivity index (χ0) is 19.2. The number of carbonyl (C=O) groups is 2. The highest BCUT2D eigenvalue weighted by molar-refractivity contribution is 6.42. The molecule has 0 aromatic heterocycles. The van der Waals surface area contributed by atoms with E-state index in [9.17, 15) is 9.59 Å². The second kappa shape index (κ2) is 6.84. The molecule has 1 amide bonds. The summed E-state index contributed by atoms with van der Waals surface area (Å²) in [4.78, 5) is 27.2. The van der Waals surface area contributed by atoms with Crippen molar-refractivity contribution in [2.24, 2.45) is 0 Å². The molecule has 1 spiro atoms. The lowest BCUT2D eigenvalue weighted by molar-refractivity contribution is -0.00572. The molecule has 0 bridgehead atoms. The van der Waals surface area contributed by atoms with Crippen LogP contribution >= 0.6 is 23.2 Å². The van der Waals surface area contributed by atoms with Crippen LogP contribution < -0.4 is 4.74 Å². The number of hydrogen-bond acceptors (Lipinski definition) is 3. The van der Waals surface area contributed by atoms with Gasteiger partial charge in [-0.1, -0.05) is 34.8 Å². The zero-order valence-electron chi connectivity index (χ0n) is 14.9. The van der Waals surface area contributed by atoms with Crippen LogP contribution in [0.25, 0.3) is 0 Å². The Bertz CT molecular complexity index is 933. The van der Waals surface area contributed by atoms with Crippen LogP contribution in [0.5, 0.6) is 5.75 Å². The molecule has 4 rings (SSSR count). The second-order valence-electron chi connectivity index (χ2n) is 7.31. The number of Topliss-reactive ketones (excluding diaryl/α,β-unsaturated/α-hetero) is 1. The van der Waals surface area contributed by atoms with Crippen LogP contribution in [0.2, 0.25) is 10.0 Å². The topological polar surface area (TPSA) is 46.6 Å². The van der Waals surface area contributed by atoms with Crippen molar-refractivity contribution in [3.63, 3.8) is 0 Å². The Balaban J connectivity index is 1.49. The zero-order valence-corrected chi connectivity index (χ0v) is 16.4. The summed E-state index contributed by atoms with van der Waals surface area (Å²) in [5, 5.41) is 0.790. The third kappa shape index (κ3) is 3.44. The van der Waals surface area contributed by atoms with E-state index in [1.807, 2.05) is 25.1 Å². The smallest absolute Gasteiger partial charge is 0.253 e. The molecule has 2 aromatic rings. The van der Waals surface area contributed by atoms with Gasteiger partial charge in [0.15, 0.2) is 5.78 Å². The molecule has 0 atom stereocenters. The fraction of sp³-hybridized carbons (Fsp3) is 0.333. The number of ketones is 1. The van der Waals surface area contributed by atoms with Crippen molar-refractivity contribution in [1.29, 1.82) is 0 Å². The maximum absolute atomic E-state index is 12.8. The van der Waals surface area contributed by atoms with E-state index < -0.39 is 5.60 Å². The molecule has 27 heavy (non-hydrogen) atoms. The number of ether oxygens (including phenoxy) is 1. The fourth-order valence-corrected chi connectivity index (χ4v) is 4.11. The highest BCUT2D eigenvalue weighted by Gasteiger charge is 2.43. The van der Waals surface area contributed by atoms with Crippen LogP contribution in [0.4, 0.5) is 0 Å². The van der Waals surface area contributed by atoms with Gasteiger partial charge in [-0.25, -0.2) is 0 Å². The lowest BCUT2D eigenvalue weighted by Gasteiger charge is -2.44. The van der Waals surface area contributed by atoms with E-state index in [2.05, 4.69) is 0 Å². The van der Waals surface area contributed by atoms with Crippen LogP contribution in [-0.2, 0) is 0 Å². The molecule has 0 unspecified atom stereocenters. The highest BCUT2D eigenvalue weighted by Crippen LogP contribution is 2.40. The van der Waals surface area contributed by atoms with E-state index in [1.54, 1.807) is 23.1 Å². The minimum absolute atomic E-state index is 0.0819. The fourth-order valence-electron chi connectivity index (χ4n) is 3.82. The summed E-state index contributed by atoms with van der Waals surface area (Å²) in [5.41, 5.74) is 1.70. The molecular weight excluding hydrogens is 385 g/mol. The predicted octanol–water partition coefficient (Wildman–Crippen LogP) is 4.94. The number of likely N-dealkylation sites (tertiary alicyclic amines) is 1. The quantitative estimate of drug-likeness (QED) is 0.676. The summed E-state index contributed by atoms with van der Waals surface area (Å²) < 4.78 is 6.26. The molecule has 6 heteroatoms. The van der Waals surface area contributed by atoms with Crippen molar-refractivity contribution in [3.05, 3.63) is 63.1 Å². The molecule has 2 aliphatic heterocycles. The van der Waals surface area contributed by atoms with Gasteiger partial charge in [-0.2, -0.15) is 0 Å². The Hall–Kier alpha value is -2.04. The van der Waals surface area contributed by atoms with Crippen molar-refractivity contribution in [2.75, 3.05) is 13.1 Å². The first-order chi connectivity index (χ1) is 12.9. The van der Waals surface area contributed by atoms with E-state index in [1.165, 1.54) is 0 Å². The van der Waals surface area contributed by atoms with Crippen molar-refractivity contribution in [3.8, 4) is 5.75 Å². The SMILES string of the molecule is Cc1ccc2c(c1)C(=O)CC1(CCN(C(=O)c3ccc(Cl)c(Cl)c3)CC1)O2. The molecule has 2 aromatic carbocycles. The maximum Gasteiger partial charge on any atom is 0.253 e. The summed E-state index contributed by atoms with van der Waals surface area (Å²) in [6, 6.07) is 10.6. The number of carbonyl (C=O) groups excluding carboxylic acids is 2. The normalized spacial score (nSPS) is 18.2. The summed E-state index contributed by atoms with van der Waals surface area (Å²) in [5.74, 6) is 0.687. The minimum Gasteiger partial charge on any atom is -0.486 e. The van der Waals surface area contributed by atoms with Gasteiger partial charge >= 0.3 is 0 Å². The van der Waals surface area contributed by atoms with E-state index in [0.29, 0.717) is 59.3 Å². The summed E-state index contributed by atoms with van der Waals surface area (Å²) >= 11 is 12.0. The first-order valence-corrected chi connectivity index (χ1v) is 9.70. The molecule has 0 saturated carbocycles. The molecule has 2 aliphatic rings. The van der Waals surface area contributed by atoms with Gasteiger partial charge in [0.05, 0.1) is 22.0 Å². The lowest BCUT2D eigenvalue weighted by Crippen LogP contribution is -2.52. The number of fused-ring (bicyclic) bond motifs is 1. The van der Waals surface area contributed by atoms with Gasteiger partial charge in [0.2, 0.25) is 0 Å². The summed E-state index contributed by atoms with van der Waals surface area (Å²) in [6.45, 7) is 3.03. The first-order valence-electron chi connectivity index (χ1n) is 8.94. The Labute approximate surface area is 168 Å². The first kappa shape index (κ1) is 18.3. The van der Waals surface area contributed by atoms with Gasteiger partial charge in [0, 0.05) is 31.5 Å². The monoisotopic (exact) mass is 403 g/mol. The molecular formula is C21H19Cl2NO3. The molecule has 2 heterocycles. The number of amides is 1. The van der Waals surface area contributed by atoms with Crippen LogP contribution in [0.3, 0.4) is 0 Å². The average molecular weight is 404 g/mol. The molecule has 0 N–H and O–H groups in total. The molecule has 0 radical (unpaired) electrons. The van der Waals surface area contributed by atoms with Gasteiger partial charge in [-0.05, 0) is 37.3 Å². The van der Waals surface area contributed by atoms with E-state index in [4.69, 9.17) is 27.9 Å². The number of rotatable bonds is 1. The predicted molar refractivity (Wildman–Crippen MR) is 105 cm³/mol. The van der Waals surface area contributed by atoms with Crippen LogP contribution in [0.1, 0.15) is 45.5 Å². The second-order valence-corrected chi connectivity index (χ2v) is 8.12. The lowest BCUT2D eigenvalue weighted by atomic mass is 9.82. The molecule has 1 saturated heterocycles. The standard InChI is InChI=1S/C21H19Cl2NO3/c1-13-2-5-19-15(10-13)18(25)12-21(27-19)6-8-24(9-7-21)20(26)14-3-4-16(22)17(23)11-14/h2-5,10-11H,6-9,12H2,1H3. The Morgan fingerprint density at radius 2 is 1.81 bits per heavy atom.